The molecule has 0 aliphatic rings. The number of rotatable bonds is 68. The fourth-order valence-electron chi connectivity index (χ4n) is 13.1. The first-order valence-electron chi connectivity index (χ1n) is 36.8. The summed E-state index contributed by atoms with van der Waals surface area (Å²) in [5, 5.41) is 0. The summed E-state index contributed by atoms with van der Waals surface area (Å²) >= 11 is -5.92. The van der Waals surface area contributed by atoms with Gasteiger partial charge in [-0.15, -0.1) is 0 Å². The molecular formula is C72H150OSn2. The van der Waals surface area contributed by atoms with Crippen molar-refractivity contribution < 1.29 is 1.41 Å². The molecule has 0 amide bonds. The maximum atomic E-state index is 8.94. The van der Waals surface area contributed by atoms with Gasteiger partial charge < -0.3 is 0 Å². The number of hydrogen-bond donors (Lipinski definition) is 0. The summed E-state index contributed by atoms with van der Waals surface area (Å²) in [6, 6.07) is 0. The SMILES string of the molecule is CCCCCCCCCCC[CH2][Sn]([CH2]CCCCCCCCCCC)([CH2]CCCCCCCCCCC)[O][Sn]([CH2]CCCCCCCCCCC)([CH2]CCCCCCCCCCC)[CH2]CCCCCCCCCCC. The second-order valence-corrected chi connectivity index (χ2v) is 52.6. The van der Waals surface area contributed by atoms with Crippen LogP contribution in [0.2, 0.25) is 26.6 Å². The zero-order chi connectivity index (χ0) is 54.4. The van der Waals surface area contributed by atoms with Crippen LogP contribution in [0.15, 0.2) is 0 Å². The molecule has 452 valence electrons. The van der Waals surface area contributed by atoms with Gasteiger partial charge in [0, 0.05) is 0 Å². The Hall–Kier alpha value is 1.56. The van der Waals surface area contributed by atoms with Crippen LogP contribution in [-0.2, 0) is 1.41 Å². The normalized spacial score (nSPS) is 12.2. The van der Waals surface area contributed by atoms with Gasteiger partial charge in [0.25, 0.3) is 0 Å². The van der Waals surface area contributed by atoms with Crippen molar-refractivity contribution in [3.05, 3.63) is 0 Å². The molecule has 0 radical (unpaired) electrons. The van der Waals surface area contributed by atoms with Crippen molar-refractivity contribution in [3.63, 3.8) is 0 Å². The predicted octanol–water partition coefficient (Wildman–Crippen LogP) is 28.4. The van der Waals surface area contributed by atoms with Crippen LogP contribution >= 0.6 is 0 Å². The molecule has 0 rings (SSSR count). The van der Waals surface area contributed by atoms with Gasteiger partial charge in [-0.3, -0.25) is 0 Å². The molecule has 0 spiro atoms. The Kier molecular flexibility index (Phi) is 66.1. The molecule has 0 saturated carbocycles. The van der Waals surface area contributed by atoms with Crippen molar-refractivity contribution in [1.29, 1.82) is 0 Å². The molecule has 0 aromatic carbocycles. The van der Waals surface area contributed by atoms with Gasteiger partial charge in [0.1, 0.15) is 0 Å². The van der Waals surface area contributed by atoms with Gasteiger partial charge >= 0.3 is 492 Å². The third kappa shape index (κ3) is 55.8. The zero-order valence-corrected chi connectivity index (χ0v) is 59.8. The molecule has 0 aromatic rings. The van der Waals surface area contributed by atoms with Gasteiger partial charge in [-0.1, -0.05) is 0 Å². The minimum atomic E-state index is -2.96. The molecule has 75 heavy (non-hydrogen) atoms. The van der Waals surface area contributed by atoms with Crippen molar-refractivity contribution in [1.82, 2.24) is 0 Å². The second-order valence-electron chi connectivity index (χ2n) is 26.1. The molecule has 0 aliphatic heterocycles. The minimum absolute atomic E-state index is 1.37. The van der Waals surface area contributed by atoms with Crippen molar-refractivity contribution in [2.45, 2.75) is 453 Å². The molecule has 0 unspecified atom stereocenters. The van der Waals surface area contributed by atoms with Crippen LogP contribution in [-0.4, -0.2) is 37.6 Å². The van der Waals surface area contributed by atoms with Crippen molar-refractivity contribution in [3.8, 4) is 0 Å². The quantitative estimate of drug-likeness (QED) is 0.0436. The zero-order valence-electron chi connectivity index (χ0n) is 54.1. The summed E-state index contributed by atoms with van der Waals surface area (Å²) in [6.45, 7) is 14.2. The van der Waals surface area contributed by atoms with Crippen molar-refractivity contribution in [2.75, 3.05) is 0 Å². The van der Waals surface area contributed by atoms with E-state index in [2.05, 4.69) is 41.5 Å². The van der Waals surface area contributed by atoms with E-state index in [0.29, 0.717) is 0 Å². The number of hydrogen-bond acceptors (Lipinski definition) is 1. The van der Waals surface area contributed by atoms with E-state index in [1.54, 1.807) is 26.6 Å². The number of unbranched alkanes of at least 4 members (excludes halogenated alkanes) is 54. The van der Waals surface area contributed by atoms with Gasteiger partial charge in [0.15, 0.2) is 0 Å². The van der Waals surface area contributed by atoms with Crippen LogP contribution in [0.25, 0.3) is 0 Å². The molecule has 0 N–H and O–H groups in total. The van der Waals surface area contributed by atoms with Gasteiger partial charge in [-0.2, -0.15) is 0 Å². The summed E-state index contributed by atoms with van der Waals surface area (Å²) < 4.78 is 18.6. The van der Waals surface area contributed by atoms with Crippen molar-refractivity contribution in [2.24, 2.45) is 0 Å². The first-order chi connectivity index (χ1) is 37.1. The third-order valence-corrected chi connectivity index (χ3v) is 59.1. The summed E-state index contributed by atoms with van der Waals surface area (Å²) in [5.74, 6) is 0. The van der Waals surface area contributed by atoms with Gasteiger partial charge in [0.05, 0.1) is 0 Å². The molecule has 0 bridgehead atoms. The summed E-state index contributed by atoms with van der Waals surface area (Å²) in [5.41, 5.74) is 0. The molecule has 0 atom stereocenters. The Labute approximate surface area is 488 Å². The molecule has 3 heteroatoms. The van der Waals surface area contributed by atoms with Crippen LogP contribution < -0.4 is 0 Å². The van der Waals surface area contributed by atoms with Gasteiger partial charge in [-0.05, 0) is 0 Å². The Morgan fingerprint density at radius 1 is 0.133 bits per heavy atom. The van der Waals surface area contributed by atoms with E-state index in [0.717, 1.165) is 0 Å². The predicted molar refractivity (Wildman–Crippen MR) is 352 cm³/mol. The Balaban J connectivity index is 6.63. The molecule has 0 aromatic heterocycles. The maximum absolute atomic E-state index is 8.94. The van der Waals surface area contributed by atoms with E-state index in [1.807, 2.05) is 0 Å². The second kappa shape index (κ2) is 64.7. The Morgan fingerprint density at radius 2 is 0.227 bits per heavy atom. The van der Waals surface area contributed by atoms with Crippen molar-refractivity contribution >= 4 is 37.6 Å². The van der Waals surface area contributed by atoms with E-state index >= 15 is 0 Å². The van der Waals surface area contributed by atoms with E-state index in [4.69, 9.17) is 1.41 Å². The van der Waals surface area contributed by atoms with E-state index < -0.39 is 37.6 Å². The van der Waals surface area contributed by atoms with Gasteiger partial charge in [0.2, 0.25) is 0 Å². The molecule has 0 saturated heterocycles. The topological polar surface area (TPSA) is 9.23 Å². The molecule has 0 heterocycles. The van der Waals surface area contributed by atoms with Crippen LogP contribution in [0.1, 0.15) is 427 Å². The molecule has 0 fully saturated rings. The van der Waals surface area contributed by atoms with E-state index in [1.165, 1.54) is 385 Å². The fraction of sp³-hybridized carbons (Fsp3) is 1.00. The fourth-order valence-corrected chi connectivity index (χ4v) is 66.4. The molecule has 1 nitrogen and oxygen atoms in total. The summed E-state index contributed by atoms with van der Waals surface area (Å²) in [6.07, 6.45) is 88.5. The van der Waals surface area contributed by atoms with Crippen LogP contribution in [0.3, 0.4) is 0 Å². The Morgan fingerprint density at radius 3 is 0.333 bits per heavy atom. The van der Waals surface area contributed by atoms with Crippen LogP contribution in [0.5, 0.6) is 0 Å². The molecule has 0 aliphatic carbocycles. The third-order valence-electron chi connectivity index (χ3n) is 18.3. The van der Waals surface area contributed by atoms with E-state index in [-0.39, 0.29) is 0 Å². The van der Waals surface area contributed by atoms with Crippen LogP contribution in [0, 0.1) is 0 Å². The van der Waals surface area contributed by atoms with Gasteiger partial charge in [-0.25, -0.2) is 0 Å². The van der Waals surface area contributed by atoms with E-state index in [9.17, 15) is 0 Å². The monoisotopic (exact) mass is 1270 g/mol. The molecular weight excluding hydrogens is 1120 g/mol. The average Bonchev–Trinajstić information content (AvgIpc) is 3.41. The first kappa shape index (κ1) is 76.6. The standard InChI is InChI=1S/6C12H25.O.2Sn/c6*1-3-5-7-9-11-12-10-8-6-4-2;;;/h6*1,3-12H2,2H3;;;. The average molecular weight is 1270 g/mol. The summed E-state index contributed by atoms with van der Waals surface area (Å²) in [4.78, 5) is 0. The first-order valence-corrected chi connectivity index (χ1v) is 51.2. The summed E-state index contributed by atoms with van der Waals surface area (Å²) in [7, 11) is 0. The van der Waals surface area contributed by atoms with Crippen LogP contribution in [0.4, 0.5) is 0 Å². The Bertz CT molecular complexity index is 815.